The summed E-state index contributed by atoms with van der Waals surface area (Å²) in [6.45, 7) is 1.82. The van der Waals surface area contributed by atoms with Gasteiger partial charge in [-0.15, -0.1) is 5.10 Å². The molecule has 2 amide bonds. The van der Waals surface area contributed by atoms with E-state index in [0.29, 0.717) is 22.8 Å². The van der Waals surface area contributed by atoms with Gasteiger partial charge in [-0.1, -0.05) is 44.3 Å². The van der Waals surface area contributed by atoms with Crippen LogP contribution in [0.1, 0.15) is 23.4 Å². The third-order valence-electron chi connectivity index (χ3n) is 4.85. The minimum Gasteiger partial charge on any atom is -0.477 e. The largest absolute Gasteiger partial charge is 0.477 e. The molecular weight excluding hydrogens is 502 g/mol. The summed E-state index contributed by atoms with van der Waals surface area (Å²) in [6, 6.07) is -1.55. The van der Waals surface area contributed by atoms with E-state index in [0.717, 1.165) is 21.1 Å². The van der Waals surface area contributed by atoms with E-state index in [1.165, 1.54) is 23.3 Å². The van der Waals surface area contributed by atoms with Gasteiger partial charge >= 0.3 is 5.97 Å². The lowest BCUT2D eigenvalue weighted by atomic mass is 9.86. The molecule has 0 bridgehead atoms. The molecule has 1 fully saturated rings. The van der Waals surface area contributed by atoms with Crippen LogP contribution >= 0.6 is 46.2 Å². The second-order valence-corrected chi connectivity index (χ2v) is 10.4. The summed E-state index contributed by atoms with van der Waals surface area (Å²) >= 11 is 9.24. The van der Waals surface area contributed by atoms with Gasteiger partial charge in [0.25, 0.3) is 11.8 Å². The zero-order valence-electron chi connectivity index (χ0n) is 16.1. The van der Waals surface area contributed by atoms with Crippen LogP contribution in [0.5, 0.6) is 0 Å². The Hall–Kier alpha value is -2.75. The number of rotatable bonds is 6. The van der Waals surface area contributed by atoms with Gasteiger partial charge in [-0.3, -0.25) is 14.5 Å². The highest BCUT2D eigenvalue weighted by molar-refractivity contribution is 8.03. The number of halogens is 1. The average molecular weight is 516 g/mol. The lowest BCUT2D eigenvalue weighted by Gasteiger charge is -2.50. The highest BCUT2D eigenvalue weighted by atomic mass is 35.5. The number of β-lactam (4-membered cyclic amide) rings is 1. The van der Waals surface area contributed by atoms with E-state index >= 15 is 0 Å². The van der Waals surface area contributed by atoms with Gasteiger partial charge in [-0.2, -0.15) is 0 Å². The Morgan fingerprint density at radius 1 is 1.44 bits per heavy atom. The smallest absolute Gasteiger partial charge is 0.353 e. The number of hydrogen-bond acceptors (Lipinski definition) is 12. The van der Waals surface area contributed by atoms with Crippen LogP contribution in [0.3, 0.4) is 0 Å². The van der Waals surface area contributed by atoms with Gasteiger partial charge < -0.3 is 21.4 Å². The van der Waals surface area contributed by atoms with Gasteiger partial charge in [0.2, 0.25) is 0 Å². The highest BCUT2D eigenvalue weighted by Crippen LogP contribution is 2.43. The first-order valence-corrected chi connectivity index (χ1v) is 11.7. The van der Waals surface area contributed by atoms with Gasteiger partial charge in [-0.25, -0.2) is 9.78 Å². The number of carbonyl (C=O) groups excluding carboxylic acids is 2. The van der Waals surface area contributed by atoms with Crippen LogP contribution in [0.2, 0.25) is 4.34 Å². The number of nitrogens with zero attached hydrogens (tertiary/aromatic N) is 5. The Morgan fingerprint density at radius 3 is 2.75 bits per heavy atom. The van der Waals surface area contributed by atoms with Crippen LogP contribution in [-0.2, 0) is 14.4 Å². The number of aromatic nitrogens is 3. The molecule has 2 aromatic heterocycles. The van der Waals surface area contributed by atoms with Gasteiger partial charge in [0.15, 0.2) is 10.8 Å². The normalized spacial score (nSPS) is 20.8. The molecule has 0 radical (unpaired) electrons. The first kappa shape index (κ1) is 22.4. The summed E-state index contributed by atoms with van der Waals surface area (Å²) in [5.74, 6) is -2.73. The topological polar surface area (TPSA) is 184 Å². The first-order chi connectivity index (χ1) is 15.2. The fraction of sp³-hybridized carbons (Fsp3) is 0.312. The Bertz CT molecular complexity index is 1190. The Labute approximate surface area is 197 Å². The minimum absolute atomic E-state index is 0.0502. The molecule has 0 unspecified atom stereocenters. The molecule has 0 saturated carbocycles. The molecule has 0 aromatic carbocycles. The number of carboxylic acids is 1. The lowest BCUT2D eigenvalue weighted by molar-refractivity contribution is -0.155. The summed E-state index contributed by atoms with van der Waals surface area (Å²) in [5.41, 5.74) is 4.81. The number of aryl methyl sites for hydroxylation is 1. The molecule has 16 heteroatoms. The summed E-state index contributed by atoms with van der Waals surface area (Å²) < 4.78 is 3.89. The maximum atomic E-state index is 12.8. The number of fused-ring (bicyclic) bond motifs is 1. The van der Waals surface area contributed by atoms with Crippen molar-refractivity contribution >= 4 is 74.9 Å². The van der Waals surface area contributed by atoms with Crippen molar-refractivity contribution in [3.8, 4) is 0 Å². The molecular formula is C16H14ClN7O5S3. The van der Waals surface area contributed by atoms with Crippen LogP contribution in [0.15, 0.2) is 20.8 Å². The predicted octanol–water partition coefficient (Wildman–Crippen LogP) is 1.29. The zero-order valence-corrected chi connectivity index (χ0v) is 19.3. The third kappa shape index (κ3) is 3.80. The maximum Gasteiger partial charge on any atom is 0.353 e. The number of aliphatic carboxylic acids is 1. The van der Waals surface area contributed by atoms with Gasteiger partial charge in [0.1, 0.15) is 26.8 Å². The minimum atomic E-state index is -1.25. The van der Waals surface area contributed by atoms with Crippen molar-refractivity contribution in [2.75, 3.05) is 5.73 Å². The SMILES string of the molecule is Cc1snnc1SC1=C(C(=O)O)N2C(=O)[C@@H](NC(=O)/C(=N\O)c3nc(N)sc3Cl)[C@H]2CC1. The molecule has 0 aliphatic carbocycles. The van der Waals surface area contributed by atoms with E-state index in [4.69, 9.17) is 17.3 Å². The molecule has 2 aromatic rings. The Morgan fingerprint density at radius 2 is 2.19 bits per heavy atom. The van der Waals surface area contributed by atoms with Crippen molar-refractivity contribution < 1.29 is 24.7 Å². The number of anilines is 1. The number of carboxylic acid groups (broad SMARTS) is 1. The summed E-state index contributed by atoms with van der Waals surface area (Å²) in [4.78, 5) is 43.7. The number of hydrogen-bond donors (Lipinski definition) is 4. The van der Waals surface area contributed by atoms with Crippen LogP contribution in [-0.4, -0.2) is 65.4 Å². The first-order valence-electron chi connectivity index (χ1n) is 8.94. The number of thiazole rings is 1. The van der Waals surface area contributed by atoms with E-state index in [9.17, 15) is 24.7 Å². The molecule has 1 saturated heterocycles. The molecule has 5 N–H and O–H groups in total. The number of carbonyl (C=O) groups is 3. The lowest BCUT2D eigenvalue weighted by Crippen LogP contribution is -2.72. The van der Waals surface area contributed by atoms with Crippen molar-refractivity contribution in [3.05, 3.63) is 25.5 Å². The molecule has 2 atom stereocenters. The number of nitrogen functional groups attached to an aromatic ring is 1. The maximum absolute atomic E-state index is 12.8. The number of nitrogens with one attached hydrogen (secondary N) is 1. The van der Waals surface area contributed by atoms with Crippen LogP contribution in [0.4, 0.5) is 5.13 Å². The number of thioether (sulfide) groups is 1. The number of allylic oxidation sites excluding steroid dienone is 1. The summed E-state index contributed by atoms with van der Waals surface area (Å²) in [6.07, 6.45) is 0.794. The zero-order chi connectivity index (χ0) is 23.2. The molecule has 168 valence electrons. The van der Waals surface area contributed by atoms with Crippen molar-refractivity contribution in [2.24, 2.45) is 5.16 Å². The second-order valence-electron chi connectivity index (χ2n) is 6.70. The Balaban J connectivity index is 1.54. The number of nitrogens with two attached hydrogens (primary N) is 1. The number of amides is 2. The Kier molecular flexibility index (Phi) is 6.07. The summed E-state index contributed by atoms with van der Waals surface area (Å²) in [7, 11) is 0. The highest BCUT2D eigenvalue weighted by Gasteiger charge is 2.54. The van der Waals surface area contributed by atoms with Crippen molar-refractivity contribution in [3.63, 3.8) is 0 Å². The van der Waals surface area contributed by atoms with E-state index in [1.54, 1.807) is 0 Å². The molecule has 4 rings (SSSR count). The van der Waals surface area contributed by atoms with E-state index < -0.39 is 35.6 Å². The van der Waals surface area contributed by atoms with Crippen LogP contribution in [0.25, 0.3) is 0 Å². The number of oxime groups is 1. The monoisotopic (exact) mass is 515 g/mol. The second kappa shape index (κ2) is 8.65. The molecule has 2 aliphatic heterocycles. The van der Waals surface area contributed by atoms with Crippen LogP contribution in [0, 0.1) is 6.92 Å². The van der Waals surface area contributed by atoms with Gasteiger partial charge in [0, 0.05) is 4.91 Å². The molecule has 4 heterocycles. The standard InChI is InChI=1S/C16H14ClN7O5S3/c1-4-13(21-23-32-4)30-6-3-2-5-7(14(26)24(5)10(6)15(27)28)19-12(25)9(22-29)8-11(17)31-16(18)20-8/h5,7,29H,2-3H2,1H3,(H2,18,20)(H,19,25)(H,27,28)/b22-9-/t5-,7+/m1/s1. The van der Waals surface area contributed by atoms with Crippen LogP contribution < -0.4 is 11.1 Å². The van der Waals surface area contributed by atoms with Crippen molar-refractivity contribution in [2.45, 2.75) is 36.9 Å². The fourth-order valence-corrected chi connectivity index (χ4v) is 5.98. The molecule has 32 heavy (non-hydrogen) atoms. The third-order valence-corrected chi connectivity index (χ3v) is 7.92. The quantitative estimate of drug-likeness (QED) is 0.189. The summed E-state index contributed by atoms with van der Waals surface area (Å²) in [5, 5.41) is 29.1. The average Bonchev–Trinajstić information content (AvgIpc) is 3.30. The van der Waals surface area contributed by atoms with E-state index in [2.05, 4.69) is 25.0 Å². The predicted molar refractivity (Wildman–Crippen MR) is 117 cm³/mol. The van der Waals surface area contributed by atoms with Crippen molar-refractivity contribution in [1.82, 2.24) is 24.8 Å². The fourth-order valence-electron chi connectivity index (χ4n) is 3.44. The van der Waals surface area contributed by atoms with E-state index in [-0.39, 0.29) is 20.9 Å². The molecule has 0 spiro atoms. The van der Waals surface area contributed by atoms with Gasteiger partial charge in [-0.05, 0) is 31.3 Å². The molecule has 2 aliphatic rings. The van der Waals surface area contributed by atoms with Gasteiger partial charge in [0.05, 0.1) is 10.9 Å². The van der Waals surface area contributed by atoms with Crippen molar-refractivity contribution in [1.29, 1.82) is 0 Å². The van der Waals surface area contributed by atoms with E-state index in [1.807, 2.05) is 6.92 Å². The molecule has 12 nitrogen and oxygen atoms in total.